The number of methoxy groups -OCH3 is 1. The van der Waals surface area contributed by atoms with Gasteiger partial charge in [0.15, 0.2) is 0 Å². The maximum Gasteiger partial charge on any atom is 0.0839 e. The third-order valence-electron chi connectivity index (χ3n) is 3.21. The Labute approximate surface area is 110 Å². The van der Waals surface area contributed by atoms with Gasteiger partial charge < -0.3 is 4.74 Å². The van der Waals surface area contributed by atoms with Gasteiger partial charge in [-0.1, -0.05) is 37.3 Å². The lowest BCUT2D eigenvalue weighted by Crippen LogP contribution is -2.38. The van der Waals surface area contributed by atoms with E-state index in [0.717, 1.165) is 18.7 Å². The number of nitrogens with zero attached hydrogens (tertiary/aromatic N) is 2. The molecule has 0 spiro atoms. The Hall–Kier alpha value is -1.37. The number of nitriles is 1. The summed E-state index contributed by atoms with van der Waals surface area (Å²) in [7, 11) is 1.71. The highest BCUT2D eigenvalue weighted by Gasteiger charge is 2.18. The lowest BCUT2D eigenvalue weighted by Gasteiger charge is -2.29. The van der Waals surface area contributed by atoms with Gasteiger partial charge in [-0.3, -0.25) is 4.90 Å². The maximum absolute atomic E-state index is 9.33. The Morgan fingerprint density at radius 3 is 2.50 bits per heavy atom. The van der Waals surface area contributed by atoms with Gasteiger partial charge in [0.2, 0.25) is 0 Å². The van der Waals surface area contributed by atoms with E-state index in [1.165, 1.54) is 0 Å². The van der Waals surface area contributed by atoms with Crippen molar-refractivity contribution in [2.24, 2.45) is 0 Å². The second-order valence-electron chi connectivity index (χ2n) is 4.48. The molecule has 2 atom stereocenters. The van der Waals surface area contributed by atoms with Crippen LogP contribution >= 0.6 is 0 Å². The van der Waals surface area contributed by atoms with Crippen LogP contribution in [0.4, 0.5) is 0 Å². The van der Waals surface area contributed by atoms with Crippen molar-refractivity contribution in [2.75, 3.05) is 26.8 Å². The molecule has 3 heteroatoms. The summed E-state index contributed by atoms with van der Waals surface area (Å²) in [6.45, 7) is 6.62. The average molecular weight is 246 g/mol. The van der Waals surface area contributed by atoms with Crippen molar-refractivity contribution in [3.05, 3.63) is 35.9 Å². The summed E-state index contributed by atoms with van der Waals surface area (Å²) >= 11 is 0. The molecule has 1 aromatic rings. The van der Waals surface area contributed by atoms with Gasteiger partial charge in [0, 0.05) is 19.7 Å². The number of rotatable bonds is 7. The largest absolute Gasteiger partial charge is 0.383 e. The highest BCUT2D eigenvalue weighted by molar-refractivity contribution is 5.25. The molecule has 1 rings (SSSR count). The van der Waals surface area contributed by atoms with Crippen LogP contribution in [-0.2, 0) is 4.74 Å². The predicted molar refractivity (Wildman–Crippen MR) is 73.4 cm³/mol. The van der Waals surface area contributed by atoms with Crippen LogP contribution in [0.15, 0.2) is 30.3 Å². The zero-order chi connectivity index (χ0) is 13.4. The van der Waals surface area contributed by atoms with Crippen molar-refractivity contribution < 1.29 is 4.74 Å². The molecule has 0 aliphatic heterocycles. The van der Waals surface area contributed by atoms with Crippen LogP contribution in [0, 0.1) is 11.3 Å². The first-order valence-electron chi connectivity index (χ1n) is 6.40. The van der Waals surface area contributed by atoms with Crippen molar-refractivity contribution in [2.45, 2.75) is 25.8 Å². The molecule has 18 heavy (non-hydrogen) atoms. The van der Waals surface area contributed by atoms with E-state index in [2.05, 4.69) is 24.8 Å². The number of likely N-dealkylation sites (N-methyl/N-ethyl adjacent to an activating group) is 1. The van der Waals surface area contributed by atoms with Crippen molar-refractivity contribution in [3.8, 4) is 6.07 Å². The fraction of sp³-hybridized carbons (Fsp3) is 0.533. The molecule has 0 fully saturated rings. The molecule has 0 saturated carbocycles. The summed E-state index contributed by atoms with van der Waals surface area (Å²) in [6.07, 6.45) is 0. The molecule has 3 nitrogen and oxygen atoms in total. The van der Waals surface area contributed by atoms with E-state index in [1.807, 2.05) is 30.3 Å². The standard InChI is InChI=1S/C15H22N2O/c1-4-17(13(2)12-18-3)11-15(10-16)14-8-6-5-7-9-14/h5-9,13,15H,4,11-12H2,1-3H3. The SMILES string of the molecule is CCN(CC(C#N)c1ccccc1)C(C)COC. The number of ether oxygens (including phenoxy) is 1. The Bertz CT molecular complexity index is 372. The molecule has 0 saturated heterocycles. The second kappa shape index (κ2) is 7.86. The Morgan fingerprint density at radius 2 is 2.00 bits per heavy atom. The smallest absolute Gasteiger partial charge is 0.0839 e. The van der Waals surface area contributed by atoms with E-state index in [1.54, 1.807) is 7.11 Å². The molecular formula is C15H22N2O. The fourth-order valence-corrected chi connectivity index (χ4v) is 2.11. The summed E-state index contributed by atoms with van der Waals surface area (Å²) < 4.78 is 5.18. The molecule has 0 heterocycles. The Kier molecular flexibility index (Phi) is 6.42. The number of benzene rings is 1. The molecule has 0 radical (unpaired) electrons. The summed E-state index contributed by atoms with van der Waals surface area (Å²) in [4.78, 5) is 2.28. The van der Waals surface area contributed by atoms with Crippen molar-refractivity contribution in [1.82, 2.24) is 4.90 Å². The van der Waals surface area contributed by atoms with Gasteiger partial charge in [0.25, 0.3) is 0 Å². The van der Waals surface area contributed by atoms with Gasteiger partial charge in [-0.2, -0.15) is 5.26 Å². The quantitative estimate of drug-likeness (QED) is 0.742. The average Bonchev–Trinajstić information content (AvgIpc) is 2.41. The molecular weight excluding hydrogens is 224 g/mol. The van der Waals surface area contributed by atoms with Gasteiger partial charge in [0.05, 0.1) is 18.6 Å². The molecule has 0 bridgehead atoms. The summed E-state index contributed by atoms with van der Waals surface area (Å²) in [6, 6.07) is 12.7. The van der Waals surface area contributed by atoms with E-state index in [9.17, 15) is 5.26 Å². The van der Waals surface area contributed by atoms with Crippen molar-refractivity contribution >= 4 is 0 Å². The summed E-state index contributed by atoms with van der Waals surface area (Å²) in [5.74, 6) is -0.0783. The van der Waals surface area contributed by atoms with Crippen LogP contribution in [0.5, 0.6) is 0 Å². The lowest BCUT2D eigenvalue weighted by atomic mass is 9.99. The Morgan fingerprint density at radius 1 is 1.33 bits per heavy atom. The van der Waals surface area contributed by atoms with Gasteiger partial charge in [-0.15, -0.1) is 0 Å². The fourth-order valence-electron chi connectivity index (χ4n) is 2.11. The highest BCUT2D eigenvalue weighted by atomic mass is 16.5. The first kappa shape index (κ1) is 14.7. The number of hydrogen-bond acceptors (Lipinski definition) is 3. The van der Waals surface area contributed by atoms with Crippen LogP contribution in [-0.4, -0.2) is 37.7 Å². The minimum absolute atomic E-state index is 0.0783. The maximum atomic E-state index is 9.33. The van der Waals surface area contributed by atoms with E-state index in [-0.39, 0.29) is 5.92 Å². The predicted octanol–water partition coefficient (Wildman–Crippen LogP) is 2.65. The highest BCUT2D eigenvalue weighted by Crippen LogP contribution is 2.17. The van der Waals surface area contributed by atoms with Gasteiger partial charge in [-0.25, -0.2) is 0 Å². The van der Waals surface area contributed by atoms with Crippen LogP contribution in [0.2, 0.25) is 0 Å². The zero-order valence-corrected chi connectivity index (χ0v) is 11.5. The minimum Gasteiger partial charge on any atom is -0.383 e. The summed E-state index contributed by atoms with van der Waals surface area (Å²) in [5, 5.41) is 9.33. The summed E-state index contributed by atoms with van der Waals surface area (Å²) in [5.41, 5.74) is 1.09. The normalized spacial score (nSPS) is 14.2. The second-order valence-corrected chi connectivity index (χ2v) is 4.48. The van der Waals surface area contributed by atoms with Crippen molar-refractivity contribution in [1.29, 1.82) is 5.26 Å². The molecule has 0 aromatic heterocycles. The van der Waals surface area contributed by atoms with Crippen molar-refractivity contribution in [3.63, 3.8) is 0 Å². The van der Waals surface area contributed by atoms with Gasteiger partial charge in [-0.05, 0) is 19.0 Å². The first-order chi connectivity index (χ1) is 8.72. The number of hydrogen-bond donors (Lipinski definition) is 0. The molecule has 0 aliphatic carbocycles. The molecule has 0 N–H and O–H groups in total. The van der Waals surface area contributed by atoms with E-state index >= 15 is 0 Å². The Balaban J connectivity index is 2.70. The van der Waals surface area contributed by atoms with Crippen LogP contribution in [0.3, 0.4) is 0 Å². The topological polar surface area (TPSA) is 36.3 Å². The van der Waals surface area contributed by atoms with Crippen LogP contribution in [0.1, 0.15) is 25.3 Å². The first-order valence-corrected chi connectivity index (χ1v) is 6.40. The molecule has 0 aliphatic rings. The molecule has 0 amide bonds. The zero-order valence-electron chi connectivity index (χ0n) is 11.5. The molecule has 98 valence electrons. The monoisotopic (exact) mass is 246 g/mol. The van der Waals surface area contributed by atoms with Gasteiger partial charge >= 0.3 is 0 Å². The minimum atomic E-state index is -0.0783. The van der Waals surface area contributed by atoms with E-state index in [4.69, 9.17) is 4.74 Å². The third kappa shape index (κ3) is 4.14. The van der Waals surface area contributed by atoms with Crippen LogP contribution in [0.25, 0.3) is 0 Å². The molecule has 2 unspecified atom stereocenters. The van der Waals surface area contributed by atoms with E-state index in [0.29, 0.717) is 12.6 Å². The van der Waals surface area contributed by atoms with Crippen LogP contribution < -0.4 is 0 Å². The van der Waals surface area contributed by atoms with Gasteiger partial charge in [0.1, 0.15) is 0 Å². The van der Waals surface area contributed by atoms with E-state index < -0.39 is 0 Å². The third-order valence-corrected chi connectivity index (χ3v) is 3.21. The molecule has 1 aromatic carbocycles. The lowest BCUT2D eigenvalue weighted by molar-refractivity contribution is 0.101.